The molecule has 2 aromatic rings. The first-order valence-corrected chi connectivity index (χ1v) is 9.36. The average molecular weight is 371 g/mol. The Labute approximate surface area is 160 Å². The van der Waals surface area contributed by atoms with Crippen LogP contribution in [0.25, 0.3) is 0 Å². The summed E-state index contributed by atoms with van der Waals surface area (Å²) in [6.45, 7) is 11.6. The molecule has 0 radical (unpaired) electrons. The monoisotopic (exact) mass is 371 g/mol. The van der Waals surface area contributed by atoms with Crippen LogP contribution >= 0.6 is 0 Å². The van der Waals surface area contributed by atoms with E-state index in [2.05, 4.69) is 37.2 Å². The van der Waals surface area contributed by atoms with Crippen LogP contribution in [0, 0.1) is 20.8 Å². The molecule has 1 aliphatic heterocycles. The number of rotatable bonds is 4. The van der Waals surface area contributed by atoms with Crippen molar-refractivity contribution in [3.05, 3.63) is 34.4 Å². The predicted molar refractivity (Wildman–Crippen MR) is 105 cm³/mol. The fraction of sp³-hybridized carbons (Fsp3) is 0.579. The largest absolute Gasteiger partial charge is 0.345 e. The lowest BCUT2D eigenvalue weighted by molar-refractivity contribution is 0.0938. The van der Waals surface area contributed by atoms with Crippen molar-refractivity contribution in [1.29, 1.82) is 0 Å². The van der Waals surface area contributed by atoms with E-state index in [1.54, 1.807) is 6.20 Å². The van der Waals surface area contributed by atoms with Crippen LogP contribution in [0.5, 0.6) is 0 Å². The van der Waals surface area contributed by atoms with Crippen LogP contribution in [0.4, 0.5) is 5.95 Å². The van der Waals surface area contributed by atoms with Gasteiger partial charge >= 0.3 is 0 Å². The van der Waals surface area contributed by atoms with Gasteiger partial charge in [-0.3, -0.25) is 9.48 Å². The first kappa shape index (κ1) is 19.3. The first-order chi connectivity index (χ1) is 12.8. The minimum Gasteiger partial charge on any atom is -0.345 e. The molecular formula is C19H29N7O. The van der Waals surface area contributed by atoms with E-state index in [-0.39, 0.29) is 11.9 Å². The summed E-state index contributed by atoms with van der Waals surface area (Å²) < 4.78 is 1.84. The molecule has 27 heavy (non-hydrogen) atoms. The lowest BCUT2D eigenvalue weighted by Gasteiger charge is -2.32. The number of anilines is 1. The number of carbonyl (C=O) groups is 1. The Morgan fingerprint density at radius 3 is 2.33 bits per heavy atom. The predicted octanol–water partition coefficient (Wildman–Crippen LogP) is 1.38. The highest BCUT2D eigenvalue weighted by Crippen LogP contribution is 2.21. The molecule has 0 unspecified atom stereocenters. The topological polar surface area (TPSA) is 79.2 Å². The summed E-state index contributed by atoms with van der Waals surface area (Å²) in [7, 11) is 4.03. The Balaban J connectivity index is 1.73. The molecule has 3 heterocycles. The number of amides is 1. The number of carbonyl (C=O) groups excluding carboxylic acids is 1. The van der Waals surface area contributed by atoms with Gasteiger partial charge in [0.05, 0.1) is 23.0 Å². The number of nitrogens with zero attached hydrogens (tertiary/aromatic N) is 6. The number of piperazine rings is 1. The molecule has 8 heteroatoms. The summed E-state index contributed by atoms with van der Waals surface area (Å²) >= 11 is 0. The molecule has 1 atom stereocenters. The SMILES string of the molecule is Cc1nc(N2CCN(C)CC2)ncc1C(=O)N[C@@H](C)c1c(C)nn(C)c1C. The molecule has 0 saturated carbocycles. The molecule has 2 aromatic heterocycles. The summed E-state index contributed by atoms with van der Waals surface area (Å²) in [4.78, 5) is 26.3. The summed E-state index contributed by atoms with van der Waals surface area (Å²) in [5.74, 6) is 0.539. The van der Waals surface area contributed by atoms with Crippen molar-refractivity contribution in [2.45, 2.75) is 33.7 Å². The third-order valence-electron chi connectivity index (χ3n) is 5.34. The van der Waals surface area contributed by atoms with E-state index in [4.69, 9.17) is 0 Å². The average Bonchev–Trinajstić information content (AvgIpc) is 2.87. The van der Waals surface area contributed by atoms with Gasteiger partial charge in [-0.15, -0.1) is 0 Å². The van der Waals surface area contributed by atoms with Crippen LogP contribution in [0.1, 0.15) is 46.0 Å². The fourth-order valence-electron chi connectivity index (χ4n) is 3.60. The molecule has 146 valence electrons. The zero-order valence-corrected chi connectivity index (χ0v) is 17.1. The van der Waals surface area contributed by atoms with Gasteiger partial charge in [0.15, 0.2) is 0 Å². The fourth-order valence-corrected chi connectivity index (χ4v) is 3.60. The maximum Gasteiger partial charge on any atom is 0.255 e. The van der Waals surface area contributed by atoms with Gasteiger partial charge in [0.1, 0.15) is 0 Å². The van der Waals surface area contributed by atoms with Crippen LogP contribution in [-0.4, -0.2) is 63.8 Å². The Morgan fingerprint density at radius 1 is 1.11 bits per heavy atom. The smallest absolute Gasteiger partial charge is 0.255 e. The van der Waals surface area contributed by atoms with Crippen molar-refractivity contribution in [2.75, 3.05) is 38.1 Å². The van der Waals surface area contributed by atoms with Crippen molar-refractivity contribution in [3.63, 3.8) is 0 Å². The molecule has 0 aliphatic carbocycles. The van der Waals surface area contributed by atoms with Crippen LogP contribution in [0.15, 0.2) is 6.20 Å². The van der Waals surface area contributed by atoms with E-state index < -0.39 is 0 Å². The Hall–Kier alpha value is -2.48. The van der Waals surface area contributed by atoms with E-state index in [0.29, 0.717) is 17.2 Å². The molecule has 1 amide bonds. The molecular weight excluding hydrogens is 342 g/mol. The number of hydrogen-bond donors (Lipinski definition) is 1. The van der Waals surface area contributed by atoms with Crippen molar-refractivity contribution in [2.24, 2.45) is 7.05 Å². The minimum atomic E-state index is -0.160. The van der Waals surface area contributed by atoms with Gasteiger partial charge in [0, 0.05) is 50.7 Å². The van der Waals surface area contributed by atoms with Gasteiger partial charge in [-0.25, -0.2) is 9.97 Å². The van der Waals surface area contributed by atoms with Crippen molar-refractivity contribution in [1.82, 2.24) is 30.0 Å². The van der Waals surface area contributed by atoms with Gasteiger partial charge in [0.2, 0.25) is 5.95 Å². The second kappa shape index (κ2) is 7.64. The van der Waals surface area contributed by atoms with E-state index in [0.717, 1.165) is 43.1 Å². The summed E-state index contributed by atoms with van der Waals surface area (Å²) in [6.07, 6.45) is 1.64. The first-order valence-electron chi connectivity index (χ1n) is 9.36. The van der Waals surface area contributed by atoms with Gasteiger partial charge < -0.3 is 15.1 Å². The molecule has 1 saturated heterocycles. The van der Waals surface area contributed by atoms with E-state index >= 15 is 0 Å². The number of nitrogens with one attached hydrogen (secondary N) is 1. The summed E-state index contributed by atoms with van der Waals surface area (Å²) in [6, 6.07) is -0.136. The van der Waals surface area contributed by atoms with Gasteiger partial charge in [0.25, 0.3) is 5.91 Å². The minimum absolute atomic E-state index is 0.136. The zero-order valence-electron chi connectivity index (χ0n) is 17.1. The number of hydrogen-bond acceptors (Lipinski definition) is 6. The second-order valence-electron chi connectivity index (χ2n) is 7.36. The van der Waals surface area contributed by atoms with Crippen LogP contribution in [-0.2, 0) is 7.05 Å². The van der Waals surface area contributed by atoms with Crippen LogP contribution in [0.3, 0.4) is 0 Å². The maximum atomic E-state index is 12.8. The molecule has 1 N–H and O–H groups in total. The van der Waals surface area contributed by atoms with Crippen molar-refractivity contribution in [3.8, 4) is 0 Å². The number of aromatic nitrogens is 4. The quantitative estimate of drug-likeness (QED) is 0.875. The van der Waals surface area contributed by atoms with E-state index in [1.165, 1.54) is 0 Å². The van der Waals surface area contributed by atoms with E-state index in [9.17, 15) is 4.79 Å². The Kier molecular flexibility index (Phi) is 5.46. The number of likely N-dealkylation sites (N-methyl/N-ethyl adjacent to an activating group) is 1. The number of aryl methyl sites for hydroxylation is 3. The van der Waals surface area contributed by atoms with Crippen molar-refractivity contribution >= 4 is 11.9 Å². The third-order valence-corrected chi connectivity index (χ3v) is 5.34. The van der Waals surface area contributed by atoms with Gasteiger partial charge in [-0.05, 0) is 34.7 Å². The van der Waals surface area contributed by atoms with Gasteiger partial charge in [-0.1, -0.05) is 0 Å². The highest BCUT2D eigenvalue weighted by atomic mass is 16.1. The Morgan fingerprint density at radius 2 is 1.78 bits per heavy atom. The van der Waals surface area contributed by atoms with Crippen LogP contribution < -0.4 is 10.2 Å². The summed E-state index contributed by atoms with van der Waals surface area (Å²) in [5, 5.41) is 7.49. The normalized spacial score (nSPS) is 16.4. The lowest BCUT2D eigenvalue weighted by atomic mass is 10.1. The highest BCUT2D eigenvalue weighted by Gasteiger charge is 2.22. The molecule has 0 spiro atoms. The molecule has 0 bridgehead atoms. The standard InChI is InChI=1S/C19H29N7O/c1-12-16(11-20-19(22-12)26-9-7-24(5)8-10-26)18(27)21-13(2)17-14(3)23-25(6)15(17)4/h11,13H,7-10H2,1-6H3,(H,21,27)/t13-/m0/s1. The van der Waals surface area contributed by atoms with Crippen molar-refractivity contribution < 1.29 is 4.79 Å². The highest BCUT2D eigenvalue weighted by molar-refractivity contribution is 5.95. The molecule has 0 aromatic carbocycles. The van der Waals surface area contributed by atoms with E-state index in [1.807, 2.05) is 39.4 Å². The molecule has 8 nitrogen and oxygen atoms in total. The molecule has 1 aliphatic rings. The second-order valence-corrected chi connectivity index (χ2v) is 7.36. The third kappa shape index (κ3) is 3.95. The molecule has 3 rings (SSSR count). The Bertz CT molecular complexity index is 837. The zero-order chi connectivity index (χ0) is 19.7. The lowest BCUT2D eigenvalue weighted by Crippen LogP contribution is -2.45. The summed E-state index contributed by atoms with van der Waals surface area (Å²) in [5.41, 5.74) is 4.25. The maximum absolute atomic E-state index is 12.8. The molecule has 1 fully saturated rings. The van der Waals surface area contributed by atoms with Gasteiger partial charge in [-0.2, -0.15) is 5.10 Å². The van der Waals surface area contributed by atoms with Crippen LogP contribution in [0.2, 0.25) is 0 Å².